The summed E-state index contributed by atoms with van der Waals surface area (Å²) < 4.78 is 7.29. The maximum absolute atomic E-state index is 5.59. The summed E-state index contributed by atoms with van der Waals surface area (Å²) in [6.07, 6.45) is 3.80. The number of methoxy groups -OCH3 is 1. The third kappa shape index (κ3) is 2.96. The monoisotopic (exact) mass is 226 g/mol. The van der Waals surface area contributed by atoms with Gasteiger partial charge in [0, 0.05) is 39.1 Å². The molecule has 2 N–H and O–H groups in total. The van der Waals surface area contributed by atoms with Crippen LogP contribution in [0.1, 0.15) is 19.9 Å². The lowest BCUT2D eigenvalue weighted by molar-refractivity contribution is 0.162. The van der Waals surface area contributed by atoms with Crippen molar-refractivity contribution in [2.75, 3.05) is 38.3 Å². The molecule has 0 fully saturated rings. The van der Waals surface area contributed by atoms with Crippen molar-refractivity contribution >= 4 is 5.95 Å². The number of hydrogen-bond acceptors (Lipinski definition) is 4. The zero-order valence-corrected chi connectivity index (χ0v) is 10.4. The predicted octanol–water partition coefficient (Wildman–Crippen LogP) is 0.875. The number of rotatable bonds is 7. The number of aromatic nitrogens is 2. The highest BCUT2D eigenvalue weighted by Gasteiger charge is 2.14. The molecule has 1 atom stereocenters. The molecule has 0 radical (unpaired) electrons. The highest BCUT2D eigenvalue weighted by atomic mass is 16.5. The van der Waals surface area contributed by atoms with Crippen molar-refractivity contribution in [1.82, 2.24) is 9.55 Å². The van der Waals surface area contributed by atoms with Crippen LogP contribution in [-0.2, 0) is 4.74 Å². The molecule has 92 valence electrons. The summed E-state index contributed by atoms with van der Waals surface area (Å²) in [6, 6.07) is 0.286. The van der Waals surface area contributed by atoms with Crippen molar-refractivity contribution in [3.8, 4) is 0 Å². The van der Waals surface area contributed by atoms with Crippen LogP contribution in [-0.4, -0.2) is 42.9 Å². The van der Waals surface area contributed by atoms with Gasteiger partial charge in [0.2, 0.25) is 5.95 Å². The molecule has 0 bridgehead atoms. The lowest BCUT2D eigenvalue weighted by Crippen LogP contribution is -2.32. The van der Waals surface area contributed by atoms with Crippen LogP contribution in [0.25, 0.3) is 0 Å². The lowest BCUT2D eigenvalue weighted by atomic mass is 10.3. The summed E-state index contributed by atoms with van der Waals surface area (Å²) in [4.78, 5) is 6.56. The minimum atomic E-state index is 0.286. The van der Waals surface area contributed by atoms with Crippen LogP contribution >= 0.6 is 0 Å². The first-order valence-electron chi connectivity index (χ1n) is 5.71. The molecule has 0 aliphatic rings. The number of hydrogen-bond donors (Lipinski definition) is 1. The molecule has 0 aromatic carbocycles. The quantitative estimate of drug-likeness (QED) is 0.749. The molecule has 5 nitrogen and oxygen atoms in total. The van der Waals surface area contributed by atoms with E-state index in [1.54, 1.807) is 7.11 Å². The Bertz CT molecular complexity index is 300. The van der Waals surface area contributed by atoms with Gasteiger partial charge in [-0.15, -0.1) is 0 Å². The van der Waals surface area contributed by atoms with Gasteiger partial charge in [0.1, 0.15) is 0 Å². The normalized spacial score (nSPS) is 12.8. The second-order valence-electron chi connectivity index (χ2n) is 3.81. The third-order valence-corrected chi connectivity index (χ3v) is 2.59. The van der Waals surface area contributed by atoms with Crippen LogP contribution in [0.3, 0.4) is 0 Å². The SMILES string of the molecule is CCN(CCN)c1nccn1C(C)COC. The Balaban J connectivity index is 2.82. The molecule has 0 saturated heterocycles. The van der Waals surface area contributed by atoms with Crippen LogP contribution in [0.15, 0.2) is 12.4 Å². The fourth-order valence-electron chi connectivity index (χ4n) is 1.77. The minimum Gasteiger partial charge on any atom is -0.383 e. The summed E-state index contributed by atoms with van der Waals surface area (Å²) in [5, 5.41) is 0. The third-order valence-electron chi connectivity index (χ3n) is 2.59. The van der Waals surface area contributed by atoms with Gasteiger partial charge in [0.25, 0.3) is 0 Å². The number of nitrogens with zero attached hydrogens (tertiary/aromatic N) is 3. The zero-order valence-electron chi connectivity index (χ0n) is 10.4. The van der Waals surface area contributed by atoms with E-state index in [1.807, 2.05) is 12.4 Å². The van der Waals surface area contributed by atoms with E-state index in [0.717, 1.165) is 19.0 Å². The first kappa shape index (κ1) is 13.0. The molecule has 0 saturated carbocycles. The average molecular weight is 226 g/mol. The van der Waals surface area contributed by atoms with Gasteiger partial charge in [-0.3, -0.25) is 0 Å². The van der Waals surface area contributed by atoms with Gasteiger partial charge in [-0.05, 0) is 13.8 Å². The Morgan fingerprint density at radius 1 is 1.62 bits per heavy atom. The number of ether oxygens (including phenoxy) is 1. The Labute approximate surface area is 97.2 Å². The molecule has 1 aromatic heterocycles. The summed E-state index contributed by atoms with van der Waals surface area (Å²) in [5.41, 5.74) is 5.59. The number of likely N-dealkylation sites (N-methyl/N-ethyl adjacent to an activating group) is 1. The lowest BCUT2D eigenvalue weighted by Gasteiger charge is -2.24. The predicted molar refractivity (Wildman–Crippen MR) is 65.8 cm³/mol. The second-order valence-corrected chi connectivity index (χ2v) is 3.81. The molecule has 1 heterocycles. The van der Waals surface area contributed by atoms with Crippen molar-refractivity contribution < 1.29 is 4.74 Å². The first-order valence-corrected chi connectivity index (χ1v) is 5.71. The molecular formula is C11H22N4O. The fourth-order valence-corrected chi connectivity index (χ4v) is 1.77. The average Bonchev–Trinajstić information content (AvgIpc) is 2.75. The molecular weight excluding hydrogens is 204 g/mol. The Morgan fingerprint density at radius 2 is 2.38 bits per heavy atom. The van der Waals surface area contributed by atoms with Crippen molar-refractivity contribution in [2.24, 2.45) is 5.73 Å². The van der Waals surface area contributed by atoms with Crippen LogP contribution in [0, 0.1) is 0 Å². The standard InChI is InChI=1S/C11H22N4O/c1-4-14(7-5-12)11-13-6-8-15(11)10(2)9-16-3/h6,8,10H,4-5,7,9,12H2,1-3H3. The number of imidazole rings is 1. The molecule has 5 heteroatoms. The van der Waals surface area contributed by atoms with Crippen molar-refractivity contribution in [3.05, 3.63) is 12.4 Å². The van der Waals surface area contributed by atoms with Crippen LogP contribution in [0.2, 0.25) is 0 Å². The topological polar surface area (TPSA) is 56.3 Å². The maximum Gasteiger partial charge on any atom is 0.205 e. The first-order chi connectivity index (χ1) is 7.74. The molecule has 1 unspecified atom stereocenters. The Kier molecular flexibility index (Phi) is 5.28. The van der Waals surface area contributed by atoms with E-state index in [-0.39, 0.29) is 6.04 Å². The van der Waals surface area contributed by atoms with Gasteiger partial charge in [0.15, 0.2) is 0 Å². The summed E-state index contributed by atoms with van der Waals surface area (Å²) in [5.74, 6) is 0.970. The van der Waals surface area contributed by atoms with E-state index in [4.69, 9.17) is 10.5 Å². The van der Waals surface area contributed by atoms with E-state index < -0.39 is 0 Å². The molecule has 0 amide bonds. The molecule has 0 aliphatic carbocycles. The number of anilines is 1. The van der Waals surface area contributed by atoms with Gasteiger partial charge in [0.05, 0.1) is 12.6 Å². The Hall–Kier alpha value is -1.07. The summed E-state index contributed by atoms with van der Waals surface area (Å²) in [7, 11) is 1.71. The molecule has 0 spiro atoms. The highest BCUT2D eigenvalue weighted by Crippen LogP contribution is 2.17. The maximum atomic E-state index is 5.59. The molecule has 16 heavy (non-hydrogen) atoms. The molecule has 1 aromatic rings. The van der Waals surface area contributed by atoms with Gasteiger partial charge in [-0.25, -0.2) is 4.98 Å². The molecule has 0 aliphatic heterocycles. The van der Waals surface area contributed by atoms with Crippen LogP contribution in [0.4, 0.5) is 5.95 Å². The summed E-state index contributed by atoms with van der Waals surface area (Å²) in [6.45, 7) is 7.28. The van der Waals surface area contributed by atoms with E-state index in [0.29, 0.717) is 13.2 Å². The number of nitrogens with two attached hydrogens (primary N) is 1. The zero-order chi connectivity index (χ0) is 12.0. The van der Waals surface area contributed by atoms with Crippen molar-refractivity contribution in [3.63, 3.8) is 0 Å². The highest BCUT2D eigenvalue weighted by molar-refractivity contribution is 5.31. The fraction of sp³-hybridized carbons (Fsp3) is 0.727. The molecule has 1 rings (SSSR count). The second kappa shape index (κ2) is 6.50. The van der Waals surface area contributed by atoms with E-state index in [2.05, 4.69) is 28.3 Å². The van der Waals surface area contributed by atoms with Gasteiger partial charge < -0.3 is 19.9 Å². The smallest absolute Gasteiger partial charge is 0.205 e. The summed E-state index contributed by atoms with van der Waals surface area (Å²) >= 11 is 0. The minimum absolute atomic E-state index is 0.286. The Morgan fingerprint density at radius 3 is 2.94 bits per heavy atom. The van der Waals surface area contributed by atoms with Gasteiger partial charge >= 0.3 is 0 Å². The van der Waals surface area contributed by atoms with Gasteiger partial charge in [-0.1, -0.05) is 0 Å². The van der Waals surface area contributed by atoms with Crippen LogP contribution in [0.5, 0.6) is 0 Å². The van der Waals surface area contributed by atoms with E-state index >= 15 is 0 Å². The van der Waals surface area contributed by atoms with E-state index in [1.165, 1.54) is 0 Å². The van der Waals surface area contributed by atoms with Gasteiger partial charge in [-0.2, -0.15) is 0 Å². The van der Waals surface area contributed by atoms with Crippen molar-refractivity contribution in [2.45, 2.75) is 19.9 Å². The largest absolute Gasteiger partial charge is 0.383 e. The van der Waals surface area contributed by atoms with Crippen LogP contribution < -0.4 is 10.6 Å². The van der Waals surface area contributed by atoms with E-state index in [9.17, 15) is 0 Å². The van der Waals surface area contributed by atoms with Crippen molar-refractivity contribution in [1.29, 1.82) is 0 Å².